The first-order valence-electron chi connectivity index (χ1n) is 6.13. The fourth-order valence-electron chi connectivity index (χ4n) is 2.38. The zero-order valence-corrected chi connectivity index (χ0v) is 11.1. The third-order valence-electron chi connectivity index (χ3n) is 3.26. The van der Waals surface area contributed by atoms with Crippen LogP contribution >= 0.6 is 0 Å². The average molecular weight is 281 g/mol. The zero-order chi connectivity index (χ0) is 13.5. The molecular formula is C12H15N3O3S. The third-order valence-corrected chi connectivity index (χ3v) is 4.99. The van der Waals surface area contributed by atoms with Gasteiger partial charge in [0.2, 0.25) is 0 Å². The normalized spacial score (nSPS) is 22.6. The number of nitrogens with zero attached hydrogens (tertiary/aromatic N) is 1. The van der Waals surface area contributed by atoms with E-state index in [1.807, 2.05) is 0 Å². The Labute approximate surface area is 110 Å². The smallest absolute Gasteiger partial charge is 0.153 e. The molecule has 1 aliphatic rings. The molecule has 1 aliphatic heterocycles. The third kappa shape index (κ3) is 2.71. The molecule has 102 valence electrons. The number of rotatable bonds is 2. The highest BCUT2D eigenvalue weighted by Gasteiger charge is 2.25. The van der Waals surface area contributed by atoms with Gasteiger partial charge in [0.1, 0.15) is 11.6 Å². The van der Waals surface area contributed by atoms with Gasteiger partial charge in [-0.1, -0.05) is 0 Å². The maximum absolute atomic E-state index is 11.6. The quantitative estimate of drug-likeness (QED) is 0.731. The van der Waals surface area contributed by atoms with Crippen LogP contribution in [-0.4, -0.2) is 47.6 Å². The van der Waals surface area contributed by atoms with Crippen molar-refractivity contribution in [2.24, 2.45) is 0 Å². The first-order chi connectivity index (χ1) is 9.02. The van der Waals surface area contributed by atoms with Crippen LogP contribution < -0.4 is 5.32 Å². The molecule has 19 heavy (non-hydrogen) atoms. The minimum atomic E-state index is -2.93. The summed E-state index contributed by atoms with van der Waals surface area (Å²) < 4.78 is 23.1. The molecule has 6 nitrogen and oxygen atoms in total. The van der Waals surface area contributed by atoms with Gasteiger partial charge < -0.3 is 15.4 Å². The van der Waals surface area contributed by atoms with E-state index in [1.165, 1.54) is 0 Å². The van der Waals surface area contributed by atoms with E-state index in [2.05, 4.69) is 15.3 Å². The second-order valence-electron chi connectivity index (χ2n) is 4.85. The Morgan fingerprint density at radius 3 is 3.05 bits per heavy atom. The van der Waals surface area contributed by atoms with Gasteiger partial charge in [-0.3, -0.25) is 0 Å². The van der Waals surface area contributed by atoms with Crippen LogP contribution in [0.3, 0.4) is 0 Å². The molecule has 3 rings (SSSR count). The number of imidazole rings is 1. The number of aromatic amines is 1. The van der Waals surface area contributed by atoms with Crippen LogP contribution in [0.5, 0.6) is 5.75 Å². The number of hydrogen-bond acceptors (Lipinski definition) is 5. The lowest BCUT2D eigenvalue weighted by Crippen LogP contribution is -2.46. The lowest BCUT2D eigenvalue weighted by molar-refractivity contribution is 0.476. The Morgan fingerprint density at radius 1 is 1.42 bits per heavy atom. The minimum absolute atomic E-state index is 0.104. The SMILES string of the molecule is O=S1(=O)CCNC(Cc2nc3ccc(O)cc3[nH]2)C1. The molecule has 1 fully saturated rings. The van der Waals surface area contributed by atoms with Crippen LogP contribution in [0.4, 0.5) is 0 Å². The van der Waals surface area contributed by atoms with E-state index < -0.39 is 9.84 Å². The number of nitrogens with one attached hydrogen (secondary N) is 2. The fraction of sp³-hybridized carbons (Fsp3) is 0.417. The Kier molecular flexibility index (Phi) is 2.94. The van der Waals surface area contributed by atoms with E-state index in [-0.39, 0.29) is 23.3 Å². The van der Waals surface area contributed by atoms with Crippen molar-refractivity contribution in [3.8, 4) is 5.75 Å². The van der Waals surface area contributed by atoms with Gasteiger partial charge in [0.25, 0.3) is 0 Å². The first kappa shape index (κ1) is 12.4. The van der Waals surface area contributed by atoms with E-state index in [9.17, 15) is 13.5 Å². The van der Waals surface area contributed by atoms with Gasteiger partial charge in [-0.25, -0.2) is 13.4 Å². The van der Waals surface area contributed by atoms with Gasteiger partial charge in [0.15, 0.2) is 9.84 Å². The first-order valence-corrected chi connectivity index (χ1v) is 7.95. The van der Waals surface area contributed by atoms with E-state index in [0.29, 0.717) is 13.0 Å². The zero-order valence-electron chi connectivity index (χ0n) is 10.3. The molecule has 0 bridgehead atoms. The molecule has 0 aliphatic carbocycles. The summed E-state index contributed by atoms with van der Waals surface area (Å²) in [5.74, 6) is 1.27. The van der Waals surface area contributed by atoms with Gasteiger partial charge in [0.05, 0.1) is 22.5 Å². The number of aromatic nitrogens is 2. The maximum atomic E-state index is 11.6. The highest BCUT2D eigenvalue weighted by atomic mass is 32.2. The molecule has 1 aromatic heterocycles. The highest BCUT2D eigenvalue weighted by molar-refractivity contribution is 7.91. The van der Waals surface area contributed by atoms with Crippen molar-refractivity contribution in [3.05, 3.63) is 24.0 Å². The number of benzene rings is 1. The van der Waals surface area contributed by atoms with E-state index >= 15 is 0 Å². The van der Waals surface area contributed by atoms with Crippen molar-refractivity contribution in [3.63, 3.8) is 0 Å². The number of sulfone groups is 1. The van der Waals surface area contributed by atoms with Crippen molar-refractivity contribution in [1.29, 1.82) is 0 Å². The molecule has 2 aromatic rings. The number of hydrogen-bond donors (Lipinski definition) is 3. The van der Waals surface area contributed by atoms with E-state index in [0.717, 1.165) is 16.9 Å². The molecule has 3 N–H and O–H groups in total. The van der Waals surface area contributed by atoms with Crippen molar-refractivity contribution in [2.45, 2.75) is 12.5 Å². The summed E-state index contributed by atoms with van der Waals surface area (Å²) in [5, 5.41) is 12.6. The van der Waals surface area contributed by atoms with Crippen molar-refractivity contribution < 1.29 is 13.5 Å². The Bertz CT molecular complexity index is 708. The molecule has 1 unspecified atom stereocenters. The number of fused-ring (bicyclic) bond motifs is 1. The van der Waals surface area contributed by atoms with E-state index in [1.54, 1.807) is 18.2 Å². The van der Waals surface area contributed by atoms with Crippen LogP contribution in [0.1, 0.15) is 5.82 Å². The topological polar surface area (TPSA) is 95.1 Å². The highest BCUT2D eigenvalue weighted by Crippen LogP contribution is 2.18. The number of phenolic OH excluding ortho intramolecular Hbond substituents is 1. The van der Waals surface area contributed by atoms with Crippen molar-refractivity contribution >= 4 is 20.9 Å². The second kappa shape index (κ2) is 4.50. The number of H-pyrrole nitrogens is 1. The predicted molar refractivity (Wildman–Crippen MR) is 71.9 cm³/mol. The van der Waals surface area contributed by atoms with Gasteiger partial charge >= 0.3 is 0 Å². The summed E-state index contributed by atoms with van der Waals surface area (Å²) in [7, 11) is -2.93. The molecular weight excluding hydrogens is 266 g/mol. The minimum Gasteiger partial charge on any atom is -0.508 e. The Hall–Kier alpha value is -1.60. The van der Waals surface area contributed by atoms with Gasteiger partial charge in [-0.05, 0) is 12.1 Å². The molecule has 0 spiro atoms. The van der Waals surface area contributed by atoms with Crippen molar-refractivity contribution in [1.82, 2.24) is 15.3 Å². The average Bonchev–Trinajstić information content (AvgIpc) is 2.68. The summed E-state index contributed by atoms with van der Waals surface area (Å²) >= 11 is 0. The summed E-state index contributed by atoms with van der Waals surface area (Å²) in [6, 6.07) is 4.82. The van der Waals surface area contributed by atoms with Crippen LogP contribution in [0, 0.1) is 0 Å². The number of aromatic hydroxyl groups is 1. The van der Waals surface area contributed by atoms with Crippen LogP contribution in [0.25, 0.3) is 11.0 Å². The lowest BCUT2D eigenvalue weighted by atomic mass is 10.2. The lowest BCUT2D eigenvalue weighted by Gasteiger charge is -2.22. The Morgan fingerprint density at radius 2 is 2.26 bits per heavy atom. The fourth-order valence-corrected chi connectivity index (χ4v) is 3.82. The summed E-state index contributed by atoms with van der Waals surface area (Å²) in [6.45, 7) is 0.494. The van der Waals surface area contributed by atoms with E-state index in [4.69, 9.17) is 0 Å². The molecule has 0 amide bonds. The van der Waals surface area contributed by atoms with Gasteiger partial charge in [-0.2, -0.15) is 0 Å². The summed E-state index contributed by atoms with van der Waals surface area (Å²) in [5.41, 5.74) is 1.53. The maximum Gasteiger partial charge on any atom is 0.153 e. The van der Waals surface area contributed by atoms with Crippen LogP contribution in [0.2, 0.25) is 0 Å². The molecule has 7 heteroatoms. The summed E-state index contributed by atoms with van der Waals surface area (Å²) in [4.78, 5) is 7.50. The number of phenols is 1. The molecule has 1 atom stereocenters. The Balaban J connectivity index is 1.81. The molecule has 0 radical (unpaired) electrons. The predicted octanol–water partition coefficient (Wildman–Crippen LogP) is 0.198. The van der Waals surface area contributed by atoms with Crippen molar-refractivity contribution in [2.75, 3.05) is 18.1 Å². The van der Waals surface area contributed by atoms with Gasteiger partial charge in [-0.15, -0.1) is 0 Å². The molecule has 1 aromatic carbocycles. The molecule has 0 saturated carbocycles. The largest absolute Gasteiger partial charge is 0.508 e. The monoisotopic (exact) mass is 281 g/mol. The van der Waals surface area contributed by atoms with Crippen LogP contribution in [0.15, 0.2) is 18.2 Å². The van der Waals surface area contributed by atoms with Crippen LogP contribution in [-0.2, 0) is 16.3 Å². The second-order valence-corrected chi connectivity index (χ2v) is 7.08. The van der Waals surface area contributed by atoms with Gasteiger partial charge in [0, 0.05) is 25.1 Å². The molecule has 2 heterocycles. The molecule has 1 saturated heterocycles. The summed E-state index contributed by atoms with van der Waals surface area (Å²) in [6.07, 6.45) is 0.536. The standard InChI is InChI=1S/C12H15N3O3S/c16-9-1-2-10-11(6-9)15-12(14-10)5-8-7-19(17,18)4-3-13-8/h1-2,6,8,13,16H,3-5,7H2,(H,14,15).